The average Bonchev–Trinajstić information content (AvgIpc) is 3.16. The third-order valence-corrected chi connectivity index (χ3v) is 5.64. The number of likely N-dealkylation sites (tertiary alicyclic amines) is 1. The van der Waals surface area contributed by atoms with Gasteiger partial charge < -0.3 is 14.5 Å². The van der Waals surface area contributed by atoms with Crippen LogP contribution in [0, 0.1) is 12.8 Å². The number of aryl methyl sites for hydroxylation is 2. The summed E-state index contributed by atoms with van der Waals surface area (Å²) < 4.78 is 8.25. The van der Waals surface area contributed by atoms with Crippen LogP contribution in [-0.2, 0) is 11.8 Å². The molecule has 0 bridgehead atoms. The lowest BCUT2D eigenvalue weighted by Crippen LogP contribution is -2.29. The monoisotopic (exact) mass is 323 g/mol. The lowest BCUT2D eigenvalue weighted by Gasteiger charge is -2.21. The SMILES string of the molecule is COCCN1CC[C@H](CN(C)c2nc3c(s2)c(C)nn3C)C1. The first kappa shape index (κ1) is 15.7. The molecule has 2 aromatic heterocycles. The zero-order valence-electron chi connectivity index (χ0n) is 13.9. The van der Waals surface area contributed by atoms with Gasteiger partial charge in [-0.1, -0.05) is 11.3 Å². The van der Waals surface area contributed by atoms with E-state index in [2.05, 4.69) is 28.9 Å². The van der Waals surface area contributed by atoms with Gasteiger partial charge in [-0.05, 0) is 25.8 Å². The highest BCUT2D eigenvalue weighted by atomic mass is 32.1. The van der Waals surface area contributed by atoms with E-state index in [1.54, 1.807) is 18.4 Å². The van der Waals surface area contributed by atoms with Crippen molar-refractivity contribution in [3.63, 3.8) is 0 Å². The van der Waals surface area contributed by atoms with E-state index in [9.17, 15) is 0 Å². The van der Waals surface area contributed by atoms with Gasteiger partial charge in [0.2, 0.25) is 0 Å². The molecule has 0 aromatic carbocycles. The van der Waals surface area contributed by atoms with Crippen molar-refractivity contribution in [1.82, 2.24) is 19.7 Å². The number of rotatable bonds is 6. The van der Waals surface area contributed by atoms with Crippen molar-refractivity contribution < 1.29 is 4.74 Å². The molecule has 0 unspecified atom stereocenters. The second-order valence-electron chi connectivity index (χ2n) is 6.19. The minimum Gasteiger partial charge on any atom is -0.383 e. The molecule has 0 saturated carbocycles. The Balaban J connectivity index is 1.61. The Hall–Kier alpha value is -1.18. The minimum absolute atomic E-state index is 0.716. The predicted molar refractivity (Wildman–Crippen MR) is 90.8 cm³/mol. The van der Waals surface area contributed by atoms with Crippen molar-refractivity contribution in [3.8, 4) is 0 Å². The second-order valence-corrected chi connectivity index (χ2v) is 7.16. The van der Waals surface area contributed by atoms with Gasteiger partial charge in [-0.15, -0.1) is 0 Å². The van der Waals surface area contributed by atoms with Crippen LogP contribution < -0.4 is 4.90 Å². The van der Waals surface area contributed by atoms with Crippen LogP contribution in [0.25, 0.3) is 10.3 Å². The van der Waals surface area contributed by atoms with Gasteiger partial charge in [-0.2, -0.15) is 5.10 Å². The van der Waals surface area contributed by atoms with Gasteiger partial charge in [0, 0.05) is 40.8 Å². The molecule has 0 N–H and O–H groups in total. The minimum atomic E-state index is 0.716. The maximum atomic E-state index is 5.17. The quantitative estimate of drug-likeness (QED) is 0.810. The highest BCUT2D eigenvalue weighted by molar-refractivity contribution is 7.22. The number of hydrogen-bond donors (Lipinski definition) is 0. The summed E-state index contributed by atoms with van der Waals surface area (Å²) >= 11 is 1.75. The zero-order valence-corrected chi connectivity index (χ0v) is 14.7. The number of anilines is 1. The normalized spacial score (nSPS) is 19.4. The van der Waals surface area contributed by atoms with Gasteiger partial charge in [-0.25, -0.2) is 9.67 Å². The van der Waals surface area contributed by atoms with Crippen LogP contribution in [0.5, 0.6) is 0 Å². The van der Waals surface area contributed by atoms with Crippen molar-refractivity contribution in [2.24, 2.45) is 13.0 Å². The molecule has 1 fully saturated rings. The number of nitrogens with zero attached hydrogens (tertiary/aromatic N) is 5. The van der Waals surface area contributed by atoms with E-state index in [1.807, 2.05) is 11.7 Å². The van der Waals surface area contributed by atoms with E-state index in [4.69, 9.17) is 9.72 Å². The highest BCUT2D eigenvalue weighted by Crippen LogP contribution is 2.31. The van der Waals surface area contributed by atoms with Crippen molar-refractivity contribution >= 4 is 26.8 Å². The van der Waals surface area contributed by atoms with Crippen molar-refractivity contribution in [2.75, 3.05) is 51.8 Å². The first-order chi connectivity index (χ1) is 10.6. The van der Waals surface area contributed by atoms with Crippen LogP contribution in [0.4, 0.5) is 5.13 Å². The largest absolute Gasteiger partial charge is 0.383 e. The molecule has 6 nitrogen and oxygen atoms in total. The molecule has 3 heterocycles. The van der Waals surface area contributed by atoms with Crippen LogP contribution >= 0.6 is 11.3 Å². The number of methoxy groups -OCH3 is 1. The Morgan fingerprint density at radius 2 is 2.27 bits per heavy atom. The maximum Gasteiger partial charge on any atom is 0.187 e. The first-order valence-corrected chi connectivity index (χ1v) is 8.62. The van der Waals surface area contributed by atoms with Gasteiger partial charge in [0.05, 0.1) is 17.0 Å². The fraction of sp³-hybridized carbons (Fsp3) is 0.733. The van der Waals surface area contributed by atoms with E-state index < -0.39 is 0 Å². The Morgan fingerprint density at radius 3 is 3.00 bits per heavy atom. The molecule has 3 rings (SSSR count). The number of thiazole rings is 1. The van der Waals surface area contributed by atoms with Gasteiger partial charge in [0.15, 0.2) is 10.8 Å². The molecule has 2 aromatic rings. The van der Waals surface area contributed by atoms with Crippen LogP contribution in [0.2, 0.25) is 0 Å². The number of fused-ring (bicyclic) bond motifs is 1. The first-order valence-electron chi connectivity index (χ1n) is 7.81. The Kier molecular flexibility index (Phi) is 4.65. The molecule has 1 atom stereocenters. The van der Waals surface area contributed by atoms with Crippen LogP contribution in [0.15, 0.2) is 0 Å². The van der Waals surface area contributed by atoms with Gasteiger partial charge in [0.25, 0.3) is 0 Å². The van der Waals surface area contributed by atoms with Gasteiger partial charge in [-0.3, -0.25) is 0 Å². The molecule has 22 heavy (non-hydrogen) atoms. The summed E-state index contributed by atoms with van der Waals surface area (Å²) in [6.45, 7) is 7.34. The third kappa shape index (κ3) is 3.11. The molecule has 0 spiro atoms. The van der Waals surface area contributed by atoms with Crippen LogP contribution in [0.3, 0.4) is 0 Å². The average molecular weight is 323 g/mol. The number of aromatic nitrogens is 3. The van der Waals surface area contributed by atoms with Crippen molar-refractivity contribution in [1.29, 1.82) is 0 Å². The lowest BCUT2D eigenvalue weighted by molar-refractivity contribution is 0.159. The molecule has 1 saturated heterocycles. The molecule has 122 valence electrons. The summed E-state index contributed by atoms with van der Waals surface area (Å²) in [6, 6.07) is 0. The fourth-order valence-corrected chi connectivity index (χ4v) is 4.19. The smallest absolute Gasteiger partial charge is 0.187 e. The molecule has 0 radical (unpaired) electrons. The predicted octanol–water partition coefficient (Wildman–Crippen LogP) is 1.74. The van der Waals surface area contributed by atoms with E-state index in [1.165, 1.54) is 24.2 Å². The van der Waals surface area contributed by atoms with Crippen LogP contribution in [-0.4, -0.2) is 66.6 Å². The topological polar surface area (TPSA) is 46.4 Å². The zero-order chi connectivity index (χ0) is 15.7. The molecule has 1 aliphatic rings. The number of hydrogen-bond acceptors (Lipinski definition) is 6. The third-order valence-electron chi connectivity index (χ3n) is 4.37. The standard InChI is InChI=1S/C15H25N5OS/c1-11-13-14(19(3)17-11)16-15(22-13)18(2)9-12-5-6-20(10-12)7-8-21-4/h12H,5-10H2,1-4H3/t12-/m1/s1. The molecule has 0 aliphatic carbocycles. The summed E-state index contributed by atoms with van der Waals surface area (Å²) in [6.07, 6.45) is 1.26. The highest BCUT2D eigenvalue weighted by Gasteiger charge is 2.24. The summed E-state index contributed by atoms with van der Waals surface area (Å²) in [4.78, 5) is 9.55. The van der Waals surface area contributed by atoms with Crippen molar-refractivity contribution in [3.05, 3.63) is 5.69 Å². The Bertz CT molecular complexity index is 603. The second kappa shape index (κ2) is 6.52. The van der Waals surface area contributed by atoms with E-state index >= 15 is 0 Å². The summed E-state index contributed by atoms with van der Waals surface area (Å²) in [5.41, 5.74) is 2.07. The summed E-state index contributed by atoms with van der Waals surface area (Å²) in [7, 11) is 5.88. The fourth-order valence-electron chi connectivity index (χ4n) is 3.19. The van der Waals surface area contributed by atoms with Gasteiger partial charge in [0.1, 0.15) is 0 Å². The molecule has 7 heteroatoms. The van der Waals surface area contributed by atoms with Gasteiger partial charge >= 0.3 is 0 Å². The molecular formula is C15H25N5OS. The van der Waals surface area contributed by atoms with Crippen LogP contribution in [0.1, 0.15) is 12.1 Å². The maximum absolute atomic E-state index is 5.17. The van der Waals surface area contributed by atoms with Crippen molar-refractivity contribution in [2.45, 2.75) is 13.3 Å². The van der Waals surface area contributed by atoms with E-state index in [0.29, 0.717) is 5.92 Å². The number of ether oxygens (including phenoxy) is 1. The Labute approximate surface area is 135 Å². The summed E-state index contributed by atoms with van der Waals surface area (Å²) in [5, 5.41) is 5.52. The summed E-state index contributed by atoms with van der Waals surface area (Å²) in [5.74, 6) is 0.716. The lowest BCUT2D eigenvalue weighted by atomic mass is 10.1. The molecule has 1 aliphatic heterocycles. The Morgan fingerprint density at radius 1 is 1.45 bits per heavy atom. The van der Waals surface area contributed by atoms with E-state index in [0.717, 1.165) is 36.2 Å². The molecule has 0 amide bonds. The van der Waals surface area contributed by atoms with E-state index in [-0.39, 0.29) is 0 Å². The molecular weight excluding hydrogens is 298 g/mol.